The molecule has 5 heteroatoms. The van der Waals surface area contributed by atoms with Crippen molar-refractivity contribution in [1.82, 2.24) is 15.1 Å². The fourth-order valence-corrected chi connectivity index (χ4v) is 2.75. The molecule has 124 valence electrons. The number of carbonyl (C=O) groups excluding carboxylic acids is 1. The Morgan fingerprint density at radius 1 is 1.16 bits per heavy atom. The summed E-state index contributed by atoms with van der Waals surface area (Å²) in [6, 6.07) is 18.6. The van der Waals surface area contributed by atoms with Gasteiger partial charge in [-0.2, -0.15) is 10.4 Å². The number of nitrogens with one attached hydrogen (secondary N) is 1. The molecular formula is C20H18N4O. The van der Waals surface area contributed by atoms with E-state index in [1.807, 2.05) is 54.9 Å². The molecule has 0 fully saturated rings. The summed E-state index contributed by atoms with van der Waals surface area (Å²) in [7, 11) is 0. The van der Waals surface area contributed by atoms with Gasteiger partial charge >= 0.3 is 0 Å². The molecule has 0 spiro atoms. The number of nitrogens with zero attached hydrogens (tertiary/aromatic N) is 3. The van der Waals surface area contributed by atoms with Crippen LogP contribution in [0.15, 0.2) is 54.6 Å². The quantitative estimate of drug-likeness (QED) is 0.798. The zero-order valence-electron chi connectivity index (χ0n) is 14.2. The summed E-state index contributed by atoms with van der Waals surface area (Å²) in [5.41, 5.74) is 4.81. The summed E-state index contributed by atoms with van der Waals surface area (Å²) in [5, 5.41) is 16.4. The molecule has 0 atom stereocenters. The van der Waals surface area contributed by atoms with Gasteiger partial charge in [-0.05, 0) is 44.2 Å². The standard InChI is InChI=1S/C20H18N4O/c1-14-19(15(2)24(23-14)18-9-4-3-5-10-18)13-22-20(25)17-8-6-7-16(11-17)12-21/h3-11H,13H2,1-2H3,(H,22,25). The van der Waals surface area contributed by atoms with E-state index in [1.54, 1.807) is 24.3 Å². The second-order valence-corrected chi connectivity index (χ2v) is 5.77. The molecule has 5 nitrogen and oxygen atoms in total. The zero-order chi connectivity index (χ0) is 17.8. The first-order chi connectivity index (χ1) is 12.1. The number of hydrogen-bond donors (Lipinski definition) is 1. The molecule has 3 aromatic rings. The van der Waals surface area contributed by atoms with Crippen molar-refractivity contribution in [3.63, 3.8) is 0 Å². The molecule has 0 saturated heterocycles. The second kappa shape index (κ2) is 7.02. The maximum absolute atomic E-state index is 12.3. The fourth-order valence-electron chi connectivity index (χ4n) is 2.75. The maximum Gasteiger partial charge on any atom is 0.251 e. The van der Waals surface area contributed by atoms with Gasteiger partial charge in [0.2, 0.25) is 0 Å². The Bertz CT molecular complexity index is 952. The average Bonchev–Trinajstić information content (AvgIpc) is 2.94. The molecule has 1 heterocycles. The zero-order valence-corrected chi connectivity index (χ0v) is 14.2. The Balaban J connectivity index is 1.79. The van der Waals surface area contributed by atoms with Gasteiger partial charge in [0.1, 0.15) is 0 Å². The van der Waals surface area contributed by atoms with Crippen molar-refractivity contribution >= 4 is 5.91 Å². The lowest BCUT2D eigenvalue weighted by Crippen LogP contribution is -2.23. The van der Waals surface area contributed by atoms with Crippen molar-refractivity contribution < 1.29 is 4.79 Å². The predicted octanol–water partition coefficient (Wildman–Crippen LogP) is 3.29. The van der Waals surface area contributed by atoms with Crippen LogP contribution >= 0.6 is 0 Å². The van der Waals surface area contributed by atoms with Crippen LogP contribution in [0.1, 0.15) is 32.9 Å². The number of aryl methyl sites for hydroxylation is 1. The van der Waals surface area contributed by atoms with Crippen molar-refractivity contribution in [2.24, 2.45) is 0 Å². The largest absolute Gasteiger partial charge is 0.348 e. The lowest BCUT2D eigenvalue weighted by Gasteiger charge is -2.07. The number of para-hydroxylation sites is 1. The Morgan fingerprint density at radius 3 is 2.64 bits per heavy atom. The van der Waals surface area contributed by atoms with Gasteiger partial charge < -0.3 is 5.32 Å². The van der Waals surface area contributed by atoms with Crippen molar-refractivity contribution in [3.05, 3.63) is 82.7 Å². The van der Waals surface area contributed by atoms with Crippen LogP contribution in [0.3, 0.4) is 0 Å². The van der Waals surface area contributed by atoms with E-state index in [0.29, 0.717) is 17.7 Å². The van der Waals surface area contributed by atoms with E-state index in [1.165, 1.54) is 0 Å². The highest BCUT2D eigenvalue weighted by Gasteiger charge is 2.14. The van der Waals surface area contributed by atoms with Gasteiger partial charge in [-0.3, -0.25) is 4.79 Å². The number of hydrogen-bond acceptors (Lipinski definition) is 3. The number of amides is 1. The minimum Gasteiger partial charge on any atom is -0.348 e. The minimum absolute atomic E-state index is 0.205. The van der Waals surface area contributed by atoms with Gasteiger partial charge in [-0.1, -0.05) is 24.3 Å². The number of carbonyl (C=O) groups is 1. The molecule has 1 N–H and O–H groups in total. The monoisotopic (exact) mass is 330 g/mol. The molecular weight excluding hydrogens is 312 g/mol. The summed E-state index contributed by atoms with van der Waals surface area (Å²) < 4.78 is 1.88. The summed E-state index contributed by atoms with van der Waals surface area (Å²) in [4.78, 5) is 12.3. The van der Waals surface area contributed by atoms with Crippen LogP contribution in [-0.2, 0) is 6.54 Å². The van der Waals surface area contributed by atoms with Crippen molar-refractivity contribution in [2.75, 3.05) is 0 Å². The fraction of sp³-hybridized carbons (Fsp3) is 0.150. The molecule has 25 heavy (non-hydrogen) atoms. The maximum atomic E-state index is 12.3. The first-order valence-electron chi connectivity index (χ1n) is 7.99. The highest BCUT2D eigenvalue weighted by molar-refractivity contribution is 5.94. The third-order valence-electron chi connectivity index (χ3n) is 4.12. The SMILES string of the molecule is Cc1nn(-c2ccccc2)c(C)c1CNC(=O)c1cccc(C#N)c1. The van der Waals surface area contributed by atoms with Crippen LogP contribution in [-0.4, -0.2) is 15.7 Å². The topological polar surface area (TPSA) is 70.7 Å². The third-order valence-corrected chi connectivity index (χ3v) is 4.12. The third kappa shape index (κ3) is 3.43. The number of rotatable bonds is 4. The molecule has 0 aliphatic carbocycles. The molecule has 1 amide bonds. The molecule has 0 aliphatic heterocycles. The van der Waals surface area contributed by atoms with E-state index >= 15 is 0 Å². The summed E-state index contributed by atoms with van der Waals surface area (Å²) >= 11 is 0. The van der Waals surface area contributed by atoms with Crippen LogP contribution in [0.25, 0.3) is 5.69 Å². The van der Waals surface area contributed by atoms with Gasteiger partial charge in [-0.15, -0.1) is 0 Å². The van der Waals surface area contributed by atoms with Crippen molar-refractivity contribution in [1.29, 1.82) is 5.26 Å². The number of aromatic nitrogens is 2. The average molecular weight is 330 g/mol. The van der Waals surface area contributed by atoms with Crippen LogP contribution in [0.2, 0.25) is 0 Å². The smallest absolute Gasteiger partial charge is 0.251 e. The van der Waals surface area contributed by atoms with E-state index in [-0.39, 0.29) is 5.91 Å². The van der Waals surface area contributed by atoms with Gasteiger partial charge in [0.15, 0.2) is 0 Å². The first kappa shape index (κ1) is 16.5. The summed E-state index contributed by atoms with van der Waals surface area (Å²) in [6.45, 7) is 4.31. The van der Waals surface area contributed by atoms with Crippen molar-refractivity contribution in [2.45, 2.75) is 20.4 Å². The van der Waals surface area contributed by atoms with E-state index in [2.05, 4.69) is 10.4 Å². The summed E-state index contributed by atoms with van der Waals surface area (Å²) in [5.74, 6) is -0.205. The van der Waals surface area contributed by atoms with Gasteiger partial charge in [0, 0.05) is 23.4 Å². The minimum atomic E-state index is -0.205. The van der Waals surface area contributed by atoms with Gasteiger partial charge in [0.25, 0.3) is 5.91 Å². The van der Waals surface area contributed by atoms with E-state index in [0.717, 1.165) is 22.6 Å². The molecule has 3 rings (SSSR count). The van der Waals surface area contributed by atoms with Crippen LogP contribution in [0.5, 0.6) is 0 Å². The predicted molar refractivity (Wildman–Crippen MR) is 95.4 cm³/mol. The second-order valence-electron chi connectivity index (χ2n) is 5.77. The van der Waals surface area contributed by atoms with E-state index in [9.17, 15) is 4.79 Å². The van der Waals surface area contributed by atoms with Gasteiger partial charge in [-0.25, -0.2) is 4.68 Å². The van der Waals surface area contributed by atoms with Crippen LogP contribution < -0.4 is 5.32 Å². The summed E-state index contributed by atoms with van der Waals surface area (Å²) in [6.07, 6.45) is 0. The van der Waals surface area contributed by atoms with Crippen LogP contribution in [0.4, 0.5) is 0 Å². The van der Waals surface area contributed by atoms with Gasteiger partial charge in [0.05, 0.1) is 23.0 Å². The molecule has 0 saturated carbocycles. The number of nitriles is 1. The molecule has 1 aromatic heterocycles. The Hall–Kier alpha value is -3.39. The van der Waals surface area contributed by atoms with Crippen molar-refractivity contribution in [3.8, 4) is 11.8 Å². The Kier molecular flexibility index (Phi) is 4.62. The number of benzene rings is 2. The lowest BCUT2D eigenvalue weighted by molar-refractivity contribution is 0.0951. The Morgan fingerprint density at radius 2 is 1.92 bits per heavy atom. The lowest BCUT2D eigenvalue weighted by atomic mass is 10.1. The van der Waals surface area contributed by atoms with E-state index in [4.69, 9.17) is 5.26 Å². The Labute approximate surface area is 146 Å². The molecule has 0 aliphatic rings. The van der Waals surface area contributed by atoms with E-state index < -0.39 is 0 Å². The first-order valence-corrected chi connectivity index (χ1v) is 7.99. The van der Waals surface area contributed by atoms with Crippen LogP contribution in [0, 0.1) is 25.2 Å². The highest BCUT2D eigenvalue weighted by atomic mass is 16.1. The highest BCUT2D eigenvalue weighted by Crippen LogP contribution is 2.17. The molecule has 0 bridgehead atoms. The molecule has 0 unspecified atom stereocenters. The normalized spacial score (nSPS) is 10.3. The molecule has 0 radical (unpaired) electrons. The molecule has 2 aromatic carbocycles.